The minimum atomic E-state index is 0.879. The maximum absolute atomic E-state index is 6.19. The zero-order valence-corrected chi connectivity index (χ0v) is 32.9. The SMILES string of the molecule is c1ccc(-c2ccc(-c3ccccc3N(c3ccc(-c4ccc(-c5cccc(-c6cc7ccccc7o6)c5)cc4)cc3)c3cc4ccccc4c4ccccc34)cc2)cc1. The molecule has 1 aromatic heterocycles. The lowest BCUT2D eigenvalue weighted by atomic mass is 9.96. The second-order valence-electron chi connectivity index (χ2n) is 15.3. The van der Waals surface area contributed by atoms with Gasteiger partial charge in [-0.05, 0) is 97.6 Å². The number of anilines is 3. The molecule has 0 saturated carbocycles. The third kappa shape index (κ3) is 6.51. The first kappa shape index (κ1) is 35.2. The summed E-state index contributed by atoms with van der Waals surface area (Å²) in [5, 5.41) is 6.01. The quantitative estimate of drug-likeness (QED) is 0.143. The molecular formula is C58H39NO. The van der Waals surface area contributed by atoms with E-state index < -0.39 is 0 Å². The van der Waals surface area contributed by atoms with Crippen molar-refractivity contribution in [1.82, 2.24) is 0 Å². The average Bonchev–Trinajstić information content (AvgIpc) is 3.78. The number of benzene rings is 10. The summed E-state index contributed by atoms with van der Waals surface area (Å²) in [5.41, 5.74) is 14.7. The fraction of sp³-hybridized carbons (Fsp3) is 0. The van der Waals surface area contributed by atoms with Gasteiger partial charge in [0.2, 0.25) is 0 Å². The lowest BCUT2D eigenvalue weighted by Gasteiger charge is -2.30. The van der Waals surface area contributed by atoms with Crippen molar-refractivity contribution in [3.8, 4) is 55.8 Å². The minimum absolute atomic E-state index is 0.879. The van der Waals surface area contributed by atoms with Gasteiger partial charge in [-0.25, -0.2) is 0 Å². The number of furan rings is 1. The Bertz CT molecular complexity index is 3260. The van der Waals surface area contributed by atoms with Gasteiger partial charge in [0.1, 0.15) is 11.3 Å². The van der Waals surface area contributed by atoms with Crippen LogP contribution in [-0.4, -0.2) is 0 Å². The Hall–Kier alpha value is -7.94. The Kier molecular flexibility index (Phi) is 8.87. The molecule has 0 radical (unpaired) electrons. The van der Waals surface area contributed by atoms with E-state index >= 15 is 0 Å². The fourth-order valence-electron chi connectivity index (χ4n) is 8.65. The van der Waals surface area contributed by atoms with Crippen molar-refractivity contribution >= 4 is 49.6 Å². The monoisotopic (exact) mass is 765 g/mol. The molecule has 0 fully saturated rings. The van der Waals surface area contributed by atoms with Crippen molar-refractivity contribution in [3.63, 3.8) is 0 Å². The molecule has 11 rings (SSSR count). The second-order valence-corrected chi connectivity index (χ2v) is 15.3. The molecule has 282 valence electrons. The van der Waals surface area contributed by atoms with E-state index in [9.17, 15) is 0 Å². The average molecular weight is 766 g/mol. The fourth-order valence-corrected chi connectivity index (χ4v) is 8.65. The maximum Gasteiger partial charge on any atom is 0.135 e. The van der Waals surface area contributed by atoms with Gasteiger partial charge in [0.05, 0.1) is 11.4 Å². The highest BCUT2D eigenvalue weighted by Gasteiger charge is 2.21. The molecule has 2 nitrogen and oxygen atoms in total. The van der Waals surface area contributed by atoms with E-state index in [1.165, 1.54) is 49.4 Å². The maximum atomic E-state index is 6.19. The third-order valence-corrected chi connectivity index (χ3v) is 11.7. The van der Waals surface area contributed by atoms with Crippen molar-refractivity contribution in [2.75, 3.05) is 4.90 Å². The summed E-state index contributed by atoms with van der Waals surface area (Å²) in [4.78, 5) is 2.44. The van der Waals surface area contributed by atoms with Gasteiger partial charge < -0.3 is 9.32 Å². The molecule has 0 bridgehead atoms. The first-order chi connectivity index (χ1) is 29.7. The van der Waals surface area contributed by atoms with Crippen molar-refractivity contribution < 1.29 is 4.42 Å². The van der Waals surface area contributed by atoms with E-state index in [0.717, 1.165) is 56.0 Å². The highest BCUT2D eigenvalue weighted by atomic mass is 16.3. The molecule has 11 aromatic rings. The van der Waals surface area contributed by atoms with Crippen LogP contribution in [0.2, 0.25) is 0 Å². The summed E-state index contributed by atoms with van der Waals surface area (Å²) in [6.07, 6.45) is 0. The molecule has 0 aliphatic heterocycles. The molecule has 2 heteroatoms. The molecule has 60 heavy (non-hydrogen) atoms. The van der Waals surface area contributed by atoms with Gasteiger partial charge in [-0.15, -0.1) is 0 Å². The van der Waals surface area contributed by atoms with Crippen LogP contribution in [0.3, 0.4) is 0 Å². The van der Waals surface area contributed by atoms with Crippen molar-refractivity contribution in [1.29, 1.82) is 0 Å². The number of hydrogen-bond acceptors (Lipinski definition) is 2. The van der Waals surface area contributed by atoms with Crippen molar-refractivity contribution in [3.05, 3.63) is 237 Å². The number of fused-ring (bicyclic) bond motifs is 4. The number of para-hydroxylation sites is 2. The summed E-state index contributed by atoms with van der Waals surface area (Å²) in [7, 11) is 0. The van der Waals surface area contributed by atoms with E-state index in [4.69, 9.17) is 4.42 Å². The van der Waals surface area contributed by atoms with Crippen molar-refractivity contribution in [2.45, 2.75) is 0 Å². The zero-order chi connectivity index (χ0) is 39.8. The van der Waals surface area contributed by atoms with Gasteiger partial charge in [0, 0.05) is 27.6 Å². The van der Waals surface area contributed by atoms with E-state index in [1.807, 2.05) is 18.2 Å². The van der Waals surface area contributed by atoms with E-state index in [2.05, 4.69) is 223 Å². The summed E-state index contributed by atoms with van der Waals surface area (Å²) in [5.74, 6) is 0.879. The molecule has 0 unspecified atom stereocenters. The van der Waals surface area contributed by atoms with Crippen LogP contribution in [0.1, 0.15) is 0 Å². The third-order valence-electron chi connectivity index (χ3n) is 11.7. The molecule has 1 heterocycles. The van der Waals surface area contributed by atoms with Crippen molar-refractivity contribution in [2.24, 2.45) is 0 Å². The first-order valence-corrected chi connectivity index (χ1v) is 20.5. The first-order valence-electron chi connectivity index (χ1n) is 20.5. The second kappa shape index (κ2) is 15.1. The van der Waals surface area contributed by atoms with Crippen LogP contribution < -0.4 is 4.90 Å². The standard InChI is InChI=1S/C58H39NO/c1-2-13-40(14-3-1)41-29-31-45(32-30-41)52-20-9-10-23-55(52)59(56-38-47-15-4-6-19-51(47)53-21-7-8-22-54(53)56)50-35-33-43(34-36-50)42-25-27-44(28-26-42)46-17-12-18-48(37-46)58-39-49-16-5-11-24-57(49)60-58/h1-39H. The largest absolute Gasteiger partial charge is 0.456 e. The van der Waals surface area contributed by atoms with Crippen LogP contribution in [0.4, 0.5) is 17.1 Å². The Balaban J connectivity index is 0.976. The minimum Gasteiger partial charge on any atom is -0.456 e. The predicted octanol–water partition coefficient (Wildman–Crippen LogP) is 16.5. The van der Waals surface area contributed by atoms with Gasteiger partial charge in [0.15, 0.2) is 0 Å². The lowest BCUT2D eigenvalue weighted by Crippen LogP contribution is -2.12. The van der Waals surface area contributed by atoms with Gasteiger partial charge in [0.25, 0.3) is 0 Å². The summed E-state index contributed by atoms with van der Waals surface area (Å²) >= 11 is 0. The molecule has 0 N–H and O–H groups in total. The normalized spacial score (nSPS) is 11.3. The van der Waals surface area contributed by atoms with Crippen LogP contribution in [0, 0.1) is 0 Å². The van der Waals surface area contributed by atoms with E-state index in [-0.39, 0.29) is 0 Å². The molecule has 0 aliphatic rings. The molecular weight excluding hydrogens is 727 g/mol. The molecule has 0 spiro atoms. The Morgan fingerprint density at radius 1 is 0.283 bits per heavy atom. The van der Waals surface area contributed by atoms with Crippen LogP contribution in [0.15, 0.2) is 241 Å². The van der Waals surface area contributed by atoms with Crippen LogP contribution in [-0.2, 0) is 0 Å². The molecule has 0 atom stereocenters. The van der Waals surface area contributed by atoms with Crippen LogP contribution in [0.5, 0.6) is 0 Å². The Morgan fingerprint density at radius 3 is 1.53 bits per heavy atom. The smallest absolute Gasteiger partial charge is 0.135 e. The lowest BCUT2D eigenvalue weighted by molar-refractivity contribution is 0.631. The predicted molar refractivity (Wildman–Crippen MR) is 253 cm³/mol. The Labute approximate surface area is 349 Å². The highest BCUT2D eigenvalue weighted by molar-refractivity contribution is 6.15. The van der Waals surface area contributed by atoms with Gasteiger partial charge in [-0.2, -0.15) is 0 Å². The number of nitrogens with zero attached hydrogens (tertiary/aromatic N) is 1. The highest BCUT2D eigenvalue weighted by Crippen LogP contribution is 2.46. The number of hydrogen-bond donors (Lipinski definition) is 0. The molecule has 0 saturated heterocycles. The zero-order valence-electron chi connectivity index (χ0n) is 32.9. The topological polar surface area (TPSA) is 16.4 Å². The summed E-state index contributed by atoms with van der Waals surface area (Å²) in [6.45, 7) is 0. The van der Waals surface area contributed by atoms with E-state index in [0.29, 0.717) is 0 Å². The molecule has 10 aromatic carbocycles. The van der Waals surface area contributed by atoms with E-state index in [1.54, 1.807) is 0 Å². The Morgan fingerprint density at radius 2 is 0.800 bits per heavy atom. The molecule has 0 aliphatic carbocycles. The summed E-state index contributed by atoms with van der Waals surface area (Å²) in [6, 6.07) is 84.9. The van der Waals surface area contributed by atoms with Crippen LogP contribution in [0.25, 0.3) is 88.3 Å². The molecule has 0 amide bonds. The van der Waals surface area contributed by atoms with Gasteiger partial charge >= 0.3 is 0 Å². The number of rotatable bonds is 8. The van der Waals surface area contributed by atoms with Crippen LogP contribution >= 0.6 is 0 Å². The summed E-state index contributed by atoms with van der Waals surface area (Å²) < 4.78 is 6.19. The van der Waals surface area contributed by atoms with Gasteiger partial charge in [-0.1, -0.05) is 194 Å². The van der Waals surface area contributed by atoms with Gasteiger partial charge in [-0.3, -0.25) is 0 Å².